The monoisotopic (exact) mass is 426 g/mol. The molecule has 1 unspecified atom stereocenters. The molecule has 1 atom stereocenters. The molecular weight excluding hydrogens is 401 g/mol. The number of fused-ring (bicyclic) bond motifs is 1. The Morgan fingerprint density at radius 1 is 1.33 bits per heavy atom. The van der Waals surface area contributed by atoms with E-state index in [9.17, 15) is 13.2 Å². The Bertz CT molecular complexity index is 897. The zero-order valence-electron chi connectivity index (χ0n) is 17.1. The van der Waals surface area contributed by atoms with E-state index in [4.69, 9.17) is 9.47 Å². The summed E-state index contributed by atoms with van der Waals surface area (Å²) in [7, 11) is 4.50. The van der Waals surface area contributed by atoms with E-state index >= 15 is 0 Å². The summed E-state index contributed by atoms with van der Waals surface area (Å²) in [5, 5.41) is 10.6. The third kappa shape index (κ3) is 5.21. The van der Waals surface area contributed by atoms with Crippen LogP contribution in [0.2, 0.25) is 0 Å². The van der Waals surface area contributed by atoms with E-state index < -0.39 is 11.7 Å². The second-order valence-corrected chi connectivity index (χ2v) is 6.89. The van der Waals surface area contributed by atoms with E-state index in [0.717, 1.165) is 24.7 Å². The van der Waals surface area contributed by atoms with E-state index in [1.807, 2.05) is 4.68 Å². The van der Waals surface area contributed by atoms with Crippen molar-refractivity contribution >= 4 is 5.96 Å². The van der Waals surface area contributed by atoms with E-state index in [1.165, 1.54) is 19.2 Å². The van der Waals surface area contributed by atoms with Crippen molar-refractivity contribution in [2.75, 3.05) is 21.3 Å². The topological polar surface area (TPSA) is 85.6 Å². The van der Waals surface area contributed by atoms with E-state index in [1.54, 1.807) is 14.2 Å². The minimum absolute atomic E-state index is 0.0266. The molecule has 8 nitrogen and oxygen atoms in total. The lowest BCUT2D eigenvalue weighted by Gasteiger charge is -2.25. The molecule has 0 spiro atoms. The molecule has 11 heteroatoms. The van der Waals surface area contributed by atoms with Crippen molar-refractivity contribution in [3.63, 3.8) is 0 Å². The molecule has 2 N–H and O–H groups in total. The summed E-state index contributed by atoms with van der Waals surface area (Å²) in [6, 6.07) is 3.94. The van der Waals surface area contributed by atoms with Crippen LogP contribution in [0.25, 0.3) is 0 Å². The first kappa shape index (κ1) is 21.9. The van der Waals surface area contributed by atoms with Crippen molar-refractivity contribution in [3.05, 3.63) is 41.0 Å². The third-order valence-electron chi connectivity index (χ3n) is 4.81. The van der Waals surface area contributed by atoms with Gasteiger partial charge in [-0.25, -0.2) is 9.67 Å². The quantitative estimate of drug-likeness (QED) is 0.544. The number of halogens is 3. The third-order valence-corrected chi connectivity index (χ3v) is 4.81. The van der Waals surface area contributed by atoms with Gasteiger partial charge >= 0.3 is 6.18 Å². The smallest absolute Gasteiger partial charge is 0.416 e. The van der Waals surface area contributed by atoms with E-state index in [-0.39, 0.29) is 23.9 Å². The Morgan fingerprint density at radius 3 is 2.80 bits per heavy atom. The minimum Gasteiger partial charge on any atom is -0.497 e. The minimum atomic E-state index is -4.48. The Labute approximate surface area is 172 Å². The predicted molar refractivity (Wildman–Crippen MR) is 104 cm³/mol. The molecular formula is C19H25F3N6O2. The Balaban J connectivity index is 1.63. The van der Waals surface area contributed by atoms with Crippen LogP contribution in [0.3, 0.4) is 0 Å². The first-order chi connectivity index (χ1) is 14.3. The number of methoxy groups -OCH3 is 2. The second kappa shape index (κ2) is 9.33. The number of aliphatic imine (C=N–C) groups is 1. The van der Waals surface area contributed by atoms with Crippen LogP contribution in [0.1, 0.15) is 29.2 Å². The van der Waals surface area contributed by atoms with Crippen LogP contribution < -0.4 is 15.4 Å². The normalized spacial score (nSPS) is 16.9. The number of guanidine groups is 1. The average Bonchev–Trinajstić information content (AvgIpc) is 3.12. The van der Waals surface area contributed by atoms with Gasteiger partial charge in [0.05, 0.1) is 19.2 Å². The molecule has 2 aromatic rings. The zero-order valence-corrected chi connectivity index (χ0v) is 17.1. The molecule has 1 aromatic heterocycles. The van der Waals surface area contributed by atoms with Gasteiger partial charge in [-0.3, -0.25) is 4.99 Å². The number of rotatable bonds is 6. The number of aromatic nitrogens is 3. The fourth-order valence-electron chi connectivity index (χ4n) is 3.34. The van der Waals surface area contributed by atoms with Gasteiger partial charge in [0.1, 0.15) is 18.2 Å². The van der Waals surface area contributed by atoms with Crippen LogP contribution in [0, 0.1) is 0 Å². The van der Waals surface area contributed by atoms with Gasteiger partial charge in [-0.15, -0.1) is 0 Å². The van der Waals surface area contributed by atoms with Gasteiger partial charge in [-0.1, -0.05) is 6.07 Å². The maximum absolute atomic E-state index is 13.4. The number of alkyl halides is 3. The van der Waals surface area contributed by atoms with Crippen LogP contribution in [0.4, 0.5) is 13.2 Å². The van der Waals surface area contributed by atoms with Gasteiger partial charge in [-0.2, -0.15) is 18.3 Å². The predicted octanol–water partition coefficient (Wildman–Crippen LogP) is 2.13. The Hall–Kier alpha value is -2.82. The van der Waals surface area contributed by atoms with E-state index in [0.29, 0.717) is 24.9 Å². The van der Waals surface area contributed by atoms with Gasteiger partial charge in [0.2, 0.25) is 0 Å². The molecule has 164 valence electrons. The van der Waals surface area contributed by atoms with Gasteiger partial charge in [0.25, 0.3) is 0 Å². The van der Waals surface area contributed by atoms with Crippen molar-refractivity contribution in [3.8, 4) is 5.75 Å². The number of nitrogens with zero attached hydrogens (tertiary/aromatic N) is 4. The fourth-order valence-corrected chi connectivity index (χ4v) is 3.34. The van der Waals surface area contributed by atoms with Crippen molar-refractivity contribution in [2.24, 2.45) is 4.99 Å². The highest BCUT2D eigenvalue weighted by atomic mass is 19.4. The number of hydrogen-bond acceptors (Lipinski definition) is 5. The van der Waals surface area contributed by atoms with Crippen LogP contribution >= 0.6 is 0 Å². The summed E-state index contributed by atoms with van der Waals surface area (Å²) < 4.78 is 52.0. The standard InChI is InChI=1S/C19H25F3N6O2/c1-23-18(24-9-12-4-6-14(30-3)8-15(12)19(20,21)22)25-13-5-7-17-26-16(11-29-2)27-28(17)10-13/h4,6,8,13H,5,7,9-11H2,1-3H3,(H2,23,24,25). The second-order valence-electron chi connectivity index (χ2n) is 6.89. The number of aryl methyl sites for hydroxylation is 1. The number of hydrogen-bond donors (Lipinski definition) is 2. The molecule has 1 aliphatic heterocycles. The Kier molecular flexibility index (Phi) is 6.80. The van der Waals surface area contributed by atoms with Crippen molar-refractivity contribution < 1.29 is 22.6 Å². The molecule has 0 amide bonds. The lowest BCUT2D eigenvalue weighted by molar-refractivity contribution is -0.138. The molecule has 0 saturated heterocycles. The molecule has 0 saturated carbocycles. The molecule has 0 fully saturated rings. The lowest BCUT2D eigenvalue weighted by atomic mass is 10.1. The molecule has 3 rings (SSSR count). The van der Waals surface area contributed by atoms with Gasteiger partial charge < -0.3 is 20.1 Å². The van der Waals surface area contributed by atoms with Crippen molar-refractivity contribution in [2.45, 2.75) is 44.8 Å². The molecule has 0 radical (unpaired) electrons. The summed E-state index contributed by atoms with van der Waals surface area (Å²) in [4.78, 5) is 8.57. The summed E-state index contributed by atoms with van der Waals surface area (Å²) in [5.74, 6) is 2.11. The first-order valence-corrected chi connectivity index (χ1v) is 9.47. The number of nitrogens with one attached hydrogen (secondary N) is 2. The summed E-state index contributed by atoms with van der Waals surface area (Å²) in [6.45, 7) is 0.908. The zero-order chi connectivity index (χ0) is 21.7. The highest BCUT2D eigenvalue weighted by molar-refractivity contribution is 5.80. The fraction of sp³-hybridized carbons (Fsp3) is 0.526. The SMILES string of the molecule is CN=C(NCc1ccc(OC)cc1C(F)(F)F)NC1CCc2nc(COC)nn2C1. The molecule has 0 aliphatic carbocycles. The Morgan fingerprint density at radius 2 is 2.13 bits per heavy atom. The number of benzene rings is 1. The molecule has 1 aliphatic rings. The van der Waals surface area contributed by atoms with E-state index in [2.05, 4.69) is 25.7 Å². The summed E-state index contributed by atoms with van der Waals surface area (Å²) in [6.07, 6.45) is -2.93. The number of ether oxygens (including phenoxy) is 2. The van der Waals surface area contributed by atoms with Crippen LogP contribution in [-0.2, 0) is 37.0 Å². The van der Waals surface area contributed by atoms with Crippen LogP contribution in [-0.4, -0.2) is 48.0 Å². The van der Waals surface area contributed by atoms with Gasteiger partial charge in [0, 0.05) is 33.2 Å². The average molecular weight is 426 g/mol. The summed E-state index contributed by atoms with van der Waals surface area (Å²) >= 11 is 0. The van der Waals surface area contributed by atoms with Crippen LogP contribution in [0.15, 0.2) is 23.2 Å². The lowest BCUT2D eigenvalue weighted by Crippen LogP contribution is -2.47. The van der Waals surface area contributed by atoms with Crippen molar-refractivity contribution in [1.29, 1.82) is 0 Å². The summed E-state index contributed by atoms with van der Waals surface area (Å²) in [5.41, 5.74) is -0.627. The maximum atomic E-state index is 13.4. The largest absolute Gasteiger partial charge is 0.497 e. The van der Waals surface area contributed by atoms with Gasteiger partial charge in [0.15, 0.2) is 11.8 Å². The molecule has 0 bridgehead atoms. The maximum Gasteiger partial charge on any atom is 0.416 e. The van der Waals surface area contributed by atoms with Gasteiger partial charge in [-0.05, 0) is 24.1 Å². The first-order valence-electron chi connectivity index (χ1n) is 9.47. The molecule has 1 aromatic carbocycles. The van der Waals surface area contributed by atoms with Crippen molar-refractivity contribution in [1.82, 2.24) is 25.4 Å². The molecule has 30 heavy (non-hydrogen) atoms. The molecule has 2 heterocycles. The highest BCUT2D eigenvalue weighted by Gasteiger charge is 2.33. The van der Waals surface area contributed by atoms with Crippen LogP contribution in [0.5, 0.6) is 5.75 Å². The highest BCUT2D eigenvalue weighted by Crippen LogP contribution is 2.34.